The van der Waals surface area contributed by atoms with E-state index in [-0.39, 0.29) is 5.91 Å². The van der Waals surface area contributed by atoms with Crippen LogP contribution in [-0.4, -0.2) is 40.3 Å². The van der Waals surface area contributed by atoms with Crippen LogP contribution in [0.5, 0.6) is 23.0 Å². The molecule has 0 unspecified atom stereocenters. The summed E-state index contributed by atoms with van der Waals surface area (Å²) in [7, 11) is 6.20. The van der Waals surface area contributed by atoms with Crippen molar-refractivity contribution in [1.82, 2.24) is 0 Å². The van der Waals surface area contributed by atoms with Gasteiger partial charge in [0, 0.05) is 17.8 Å². The molecule has 10 nitrogen and oxygen atoms in total. The third kappa shape index (κ3) is 8.56. The van der Waals surface area contributed by atoms with Crippen LogP contribution in [0.3, 0.4) is 0 Å². The molecule has 224 valence electrons. The number of carbonyl (C=O) groups excluding carboxylic acids is 2. The lowest BCUT2D eigenvalue weighted by Crippen LogP contribution is -2.10. The molecular weight excluding hydrogens is 560 g/mol. The SMILES string of the molecule is COc1ccc(C=CC(=O)Nc2ccc(N=Nc3ccccc3)c(NC(=O)C=Cc3ccc(OC)c(OC)c3)c2)cc1OC. The molecule has 0 heterocycles. The third-order valence-corrected chi connectivity index (χ3v) is 6.22. The van der Waals surface area contributed by atoms with Crippen molar-refractivity contribution in [1.29, 1.82) is 0 Å². The second kappa shape index (κ2) is 15.4. The van der Waals surface area contributed by atoms with Crippen LogP contribution in [0.4, 0.5) is 22.7 Å². The summed E-state index contributed by atoms with van der Waals surface area (Å²) in [6.07, 6.45) is 6.08. The van der Waals surface area contributed by atoms with Gasteiger partial charge in [0.25, 0.3) is 0 Å². The summed E-state index contributed by atoms with van der Waals surface area (Å²) in [5, 5.41) is 14.2. The zero-order valence-corrected chi connectivity index (χ0v) is 24.7. The lowest BCUT2D eigenvalue weighted by atomic mass is 10.1. The quantitative estimate of drug-likeness (QED) is 0.130. The molecule has 0 spiro atoms. The molecule has 44 heavy (non-hydrogen) atoms. The fourth-order valence-electron chi connectivity index (χ4n) is 4.02. The van der Waals surface area contributed by atoms with Crippen molar-refractivity contribution in [2.45, 2.75) is 0 Å². The number of anilines is 2. The average Bonchev–Trinajstić information content (AvgIpc) is 3.06. The predicted molar refractivity (Wildman–Crippen MR) is 171 cm³/mol. The number of hydrogen-bond donors (Lipinski definition) is 2. The van der Waals surface area contributed by atoms with E-state index in [0.717, 1.165) is 11.1 Å². The van der Waals surface area contributed by atoms with Crippen molar-refractivity contribution >= 4 is 46.7 Å². The second-order valence-electron chi connectivity index (χ2n) is 9.14. The number of nitrogens with zero attached hydrogens (tertiary/aromatic N) is 2. The summed E-state index contributed by atoms with van der Waals surface area (Å²) in [5.41, 5.74) is 3.35. The Bertz CT molecular complexity index is 1700. The summed E-state index contributed by atoms with van der Waals surface area (Å²) < 4.78 is 21.2. The highest BCUT2D eigenvalue weighted by Crippen LogP contribution is 2.31. The molecule has 2 amide bonds. The Morgan fingerprint density at radius 1 is 0.591 bits per heavy atom. The van der Waals surface area contributed by atoms with Gasteiger partial charge in [0.1, 0.15) is 5.69 Å². The van der Waals surface area contributed by atoms with Crippen LogP contribution in [0.25, 0.3) is 12.2 Å². The van der Waals surface area contributed by atoms with Gasteiger partial charge in [-0.1, -0.05) is 30.3 Å². The summed E-state index contributed by atoms with van der Waals surface area (Å²) in [6.45, 7) is 0. The Labute approximate surface area is 255 Å². The number of methoxy groups -OCH3 is 4. The highest BCUT2D eigenvalue weighted by molar-refractivity contribution is 6.05. The van der Waals surface area contributed by atoms with Gasteiger partial charge in [0.05, 0.1) is 39.8 Å². The largest absolute Gasteiger partial charge is 0.493 e. The first-order chi connectivity index (χ1) is 21.4. The fourth-order valence-corrected chi connectivity index (χ4v) is 4.02. The van der Waals surface area contributed by atoms with Crippen LogP contribution in [0.15, 0.2) is 107 Å². The van der Waals surface area contributed by atoms with E-state index >= 15 is 0 Å². The molecule has 0 saturated heterocycles. The number of azo groups is 1. The molecule has 0 aliphatic heterocycles. The first-order valence-electron chi connectivity index (χ1n) is 13.5. The van der Waals surface area contributed by atoms with E-state index in [1.54, 1.807) is 95.2 Å². The van der Waals surface area contributed by atoms with Gasteiger partial charge in [-0.2, -0.15) is 5.11 Å². The molecule has 4 aromatic carbocycles. The molecule has 0 radical (unpaired) electrons. The Kier molecular flexibility index (Phi) is 10.8. The van der Waals surface area contributed by atoms with Crippen molar-refractivity contribution in [3.8, 4) is 23.0 Å². The van der Waals surface area contributed by atoms with E-state index in [1.165, 1.54) is 12.2 Å². The molecule has 4 aromatic rings. The standard InChI is InChI=1S/C34H32N4O6/c1-41-29-16-10-23(20-31(29)43-3)12-18-33(39)35-26-14-15-27(38-37-25-8-6-5-7-9-25)28(22-26)36-34(40)19-13-24-11-17-30(42-2)32(21-24)44-4/h5-22H,1-4H3,(H,35,39)(H,36,40). The maximum Gasteiger partial charge on any atom is 0.248 e. The minimum atomic E-state index is -0.409. The number of nitrogens with one attached hydrogen (secondary N) is 2. The van der Waals surface area contributed by atoms with Gasteiger partial charge < -0.3 is 29.6 Å². The van der Waals surface area contributed by atoms with E-state index in [0.29, 0.717) is 45.7 Å². The summed E-state index contributed by atoms with van der Waals surface area (Å²) in [5.74, 6) is 1.49. The van der Waals surface area contributed by atoms with Crippen molar-refractivity contribution in [3.63, 3.8) is 0 Å². The van der Waals surface area contributed by atoms with Gasteiger partial charge in [-0.25, -0.2) is 0 Å². The lowest BCUT2D eigenvalue weighted by molar-refractivity contribution is -0.112. The molecule has 0 fully saturated rings. The van der Waals surface area contributed by atoms with Crippen LogP contribution in [0, 0.1) is 0 Å². The van der Waals surface area contributed by atoms with E-state index in [9.17, 15) is 9.59 Å². The summed E-state index contributed by atoms with van der Waals surface area (Å²) in [4.78, 5) is 25.7. The van der Waals surface area contributed by atoms with E-state index in [2.05, 4.69) is 20.9 Å². The van der Waals surface area contributed by atoms with E-state index < -0.39 is 5.91 Å². The number of benzene rings is 4. The fraction of sp³-hybridized carbons (Fsp3) is 0.118. The van der Waals surface area contributed by atoms with Gasteiger partial charge >= 0.3 is 0 Å². The van der Waals surface area contributed by atoms with Gasteiger partial charge in [0.2, 0.25) is 11.8 Å². The minimum Gasteiger partial charge on any atom is -0.493 e. The second-order valence-corrected chi connectivity index (χ2v) is 9.14. The number of ether oxygens (including phenoxy) is 4. The topological polar surface area (TPSA) is 120 Å². The van der Waals surface area contributed by atoms with E-state index in [1.807, 2.05) is 30.3 Å². The molecule has 10 heteroatoms. The summed E-state index contributed by atoms with van der Waals surface area (Å²) in [6, 6.07) is 24.8. The van der Waals surface area contributed by atoms with Crippen LogP contribution in [0.2, 0.25) is 0 Å². The van der Waals surface area contributed by atoms with Gasteiger partial charge in [0.15, 0.2) is 23.0 Å². The van der Waals surface area contributed by atoms with Crippen molar-refractivity contribution in [2.24, 2.45) is 10.2 Å². The zero-order chi connectivity index (χ0) is 31.3. The van der Waals surface area contributed by atoms with Crippen LogP contribution in [-0.2, 0) is 9.59 Å². The molecule has 0 aliphatic rings. The smallest absolute Gasteiger partial charge is 0.248 e. The Morgan fingerprint density at radius 2 is 1.14 bits per heavy atom. The summed E-state index contributed by atoms with van der Waals surface area (Å²) >= 11 is 0. The molecule has 0 aliphatic carbocycles. The zero-order valence-electron chi connectivity index (χ0n) is 24.7. The molecule has 2 N–H and O–H groups in total. The maximum absolute atomic E-state index is 12.9. The van der Waals surface area contributed by atoms with Gasteiger partial charge in [-0.05, 0) is 77.9 Å². The minimum absolute atomic E-state index is 0.355. The molecule has 0 aromatic heterocycles. The predicted octanol–water partition coefficient (Wildman–Crippen LogP) is 7.44. The van der Waals surface area contributed by atoms with Crippen molar-refractivity contribution in [2.75, 3.05) is 39.1 Å². The monoisotopic (exact) mass is 592 g/mol. The normalized spacial score (nSPS) is 11.1. The molecule has 0 bridgehead atoms. The number of hydrogen-bond acceptors (Lipinski definition) is 8. The highest BCUT2D eigenvalue weighted by Gasteiger charge is 2.10. The molecule has 4 rings (SSSR count). The first-order valence-corrected chi connectivity index (χ1v) is 13.5. The van der Waals surface area contributed by atoms with Gasteiger partial charge in [-0.15, -0.1) is 5.11 Å². The van der Waals surface area contributed by atoms with Crippen LogP contribution in [0.1, 0.15) is 11.1 Å². The van der Waals surface area contributed by atoms with Crippen molar-refractivity contribution < 1.29 is 28.5 Å². The average molecular weight is 593 g/mol. The first kappa shape index (κ1) is 31.0. The van der Waals surface area contributed by atoms with Crippen LogP contribution < -0.4 is 29.6 Å². The number of rotatable bonds is 12. The Morgan fingerprint density at radius 3 is 1.68 bits per heavy atom. The van der Waals surface area contributed by atoms with Gasteiger partial charge in [-0.3, -0.25) is 9.59 Å². The van der Waals surface area contributed by atoms with Crippen LogP contribution >= 0.6 is 0 Å². The third-order valence-electron chi connectivity index (χ3n) is 6.22. The number of amides is 2. The Hall–Kier alpha value is -5.90. The highest BCUT2D eigenvalue weighted by atomic mass is 16.5. The molecule has 0 atom stereocenters. The maximum atomic E-state index is 12.9. The molecular formula is C34H32N4O6. The molecule has 0 saturated carbocycles. The Balaban J connectivity index is 1.53. The number of carbonyl (C=O) groups is 2. The van der Waals surface area contributed by atoms with Crippen molar-refractivity contribution in [3.05, 3.63) is 108 Å². The lowest BCUT2D eigenvalue weighted by Gasteiger charge is -2.10. The van der Waals surface area contributed by atoms with E-state index in [4.69, 9.17) is 18.9 Å².